The van der Waals surface area contributed by atoms with Crippen molar-refractivity contribution < 1.29 is 19.4 Å². The zero-order valence-electron chi connectivity index (χ0n) is 8.40. The van der Waals surface area contributed by atoms with E-state index in [1.807, 2.05) is 0 Å². The van der Waals surface area contributed by atoms with Gasteiger partial charge >= 0.3 is 5.97 Å². The molecule has 1 aromatic carbocycles. The lowest BCUT2D eigenvalue weighted by molar-refractivity contribution is -0.139. The van der Waals surface area contributed by atoms with E-state index in [9.17, 15) is 9.59 Å². The minimum Gasteiger partial charge on any atom is -0.482 e. The van der Waals surface area contributed by atoms with Gasteiger partial charge in [0.05, 0.1) is 0 Å². The van der Waals surface area contributed by atoms with Gasteiger partial charge in [0.2, 0.25) is 0 Å². The summed E-state index contributed by atoms with van der Waals surface area (Å²) in [7, 11) is 0. The van der Waals surface area contributed by atoms with Crippen LogP contribution in [0.5, 0.6) is 5.75 Å². The Morgan fingerprint density at radius 1 is 1.40 bits per heavy atom. The fourth-order valence-electron chi connectivity index (χ4n) is 1.11. The maximum absolute atomic E-state index is 11.3. The molecule has 1 rings (SSSR count). The third kappa shape index (κ3) is 3.42. The number of hydrogen-bond donors (Lipinski definition) is 1. The number of carboxylic acid groups (broad SMARTS) is 1. The first-order chi connectivity index (χ1) is 7.13. The lowest BCUT2D eigenvalue weighted by Crippen LogP contribution is -2.09. The van der Waals surface area contributed by atoms with Crippen LogP contribution in [0.4, 0.5) is 0 Å². The molecule has 0 amide bonds. The molecular formula is C11H12O4. The van der Waals surface area contributed by atoms with Crippen LogP contribution in [-0.4, -0.2) is 23.5 Å². The van der Waals surface area contributed by atoms with Crippen molar-refractivity contribution in [3.8, 4) is 5.75 Å². The Morgan fingerprint density at radius 3 is 2.73 bits per heavy atom. The van der Waals surface area contributed by atoms with Crippen LogP contribution in [0.15, 0.2) is 24.3 Å². The molecule has 0 unspecified atom stereocenters. The van der Waals surface area contributed by atoms with E-state index in [2.05, 4.69) is 0 Å². The Morgan fingerprint density at radius 2 is 2.13 bits per heavy atom. The second-order valence-corrected chi connectivity index (χ2v) is 2.99. The highest BCUT2D eigenvalue weighted by molar-refractivity contribution is 5.96. The first-order valence-corrected chi connectivity index (χ1v) is 4.61. The van der Waals surface area contributed by atoms with Gasteiger partial charge in [-0.05, 0) is 12.1 Å². The molecule has 0 atom stereocenters. The number of carboxylic acids is 1. The molecule has 0 spiro atoms. The van der Waals surface area contributed by atoms with E-state index in [0.29, 0.717) is 17.7 Å². The first-order valence-electron chi connectivity index (χ1n) is 4.61. The van der Waals surface area contributed by atoms with Crippen LogP contribution in [-0.2, 0) is 4.79 Å². The summed E-state index contributed by atoms with van der Waals surface area (Å²) < 4.78 is 4.95. The molecule has 0 saturated carbocycles. The topological polar surface area (TPSA) is 63.6 Å². The number of benzene rings is 1. The summed E-state index contributed by atoms with van der Waals surface area (Å²) in [5.41, 5.74) is 0.542. The molecule has 15 heavy (non-hydrogen) atoms. The molecule has 80 valence electrons. The maximum atomic E-state index is 11.3. The van der Waals surface area contributed by atoms with Crippen LogP contribution in [0.2, 0.25) is 0 Å². The van der Waals surface area contributed by atoms with Crippen LogP contribution >= 0.6 is 0 Å². The second kappa shape index (κ2) is 5.14. The average Bonchev–Trinajstić information content (AvgIpc) is 2.25. The van der Waals surface area contributed by atoms with E-state index in [0.717, 1.165) is 0 Å². The molecule has 0 aliphatic heterocycles. The molecule has 0 fully saturated rings. The van der Waals surface area contributed by atoms with Crippen molar-refractivity contribution in [2.24, 2.45) is 0 Å². The molecule has 0 bridgehead atoms. The van der Waals surface area contributed by atoms with Crippen LogP contribution in [0.3, 0.4) is 0 Å². The minimum absolute atomic E-state index is 0.00998. The normalized spacial score (nSPS) is 9.67. The van der Waals surface area contributed by atoms with E-state index in [1.54, 1.807) is 31.2 Å². The number of ether oxygens (including phenoxy) is 1. The lowest BCUT2D eigenvalue weighted by Gasteiger charge is -2.04. The van der Waals surface area contributed by atoms with Gasteiger partial charge in [-0.3, -0.25) is 4.79 Å². The lowest BCUT2D eigenvalue weighted by atomic mass is 10.1. The number of Topliss-reactive ketones (excluding diaryl/α,β-unsaturated/α-hetero) is 1. The highest BCUT2D eigenvalue weighted by Gasteiger charge is 2.05. The molecule has 1 N–H and O–H groups in total. The monoisotopic (exact) mass is 208 g/mol. The largest absolute Gasteiger partial charge is 0.482 e. The molecular weight excluding hydrogens is 196 g/mol. The van der Waals surface area contributed by atoms with Gasteiger partial charge in [0.1, 0.15) is 5.75 Å². The fraction of sp³-hybridized carbons (Fsp3) is 0.273. The first kappa shape index (κ1) is 11.2. The highest BCUT2D eigenvalue weighted by Crippen LogP contribution is 2.14. The molecule has 0 aliphatic rings. The summed E-state index contributed by atoms with van der Waals surface area (Å²) in [5.74, 6) is -0.630. The predicted octanol–water partition coefficient (Wildman–Crippen LogP) is 1.74. The van der Waals surface area contributed by atoms with Crippen LogP contribution in [0.1, 0.15) is 23.7 Å². The van der Waals surface area contributed by atoms with Crippen molar-refractivity contribution >= 4 is 11.8 Å². The molecule has 0 aromatic heterocycles. The smallest absolute Gasteiger partial charge is 0.341 e. The van der Waals surface area contributed by atoms with Gasteiger partial charge in [-0.2, -0.15) is 0 Å². The predicted molar refractivity (Wildman–Crippen MR) is 54.2 cm³/mol. The Balaban J connectivity index is 2.74. The van der Waals surface area contributed by atoms with E-state index in [4.69, 9.17) is 9.84 Å². The van der Waals surface area contributed by atoms with E-state index in [1.165, 1.54) is 0 Å². The Kier molecular flexibility index (Phi) is 3.85. The quantitative estimate of drug-likeness (QED) is 0.748. The number of carbonyl (C=O) groups excluding carboxylic acids is 1. The molecule has 4 nitrogen and oxygen atoms in total. The summed E-state index contributed by atoms with van der Waals surface area (Å²) in [6.45, 7) is 1.37. The molecule has 0 heterocycles. The number of ketones is 1. The minimum atomic E-state index is -1.04. The van der Waals surface area contributed by atoms with Crippen molar-refractivity contribution in [1.29, 1.82) is 0 Å². The Hall–Kier alpha value is -1.84. The molecule has 1 aromatic rings. The Labute approximate surface area is 87.5 Å². The zero-order valence-corrected chi connectivity index (χ0v) is 8.40. The molecule has 0 saturated heterocycles. The van der Waals surface area contributed by atoms with Gasteiger partial charge in [0, 0.05) is 12.0 Å². The van der Waals surface area contributed by atoms with Gasteiger partial charge in [0.25, 0.3) is 0 Å². The summed E-state index contributed by atoms with van der Waals surface area (Å²) in [5, 5.41) is 8.41. The average molecular weight is 208 g/mol. The van der Waals surface area contributed by atoms with Crippen LogP contribution in [0.25, 0.3) is 0 Å². The zero-order chi connectivity index (χ0) is 11.3. The SMILES string of the molecule is CCC(=O)c1cccc(OCC(=O)O)c1. The van der Waals surface area contributed by atoms with Gasteiger partial charge in [0.15, 0.2) is 12.4 Å². The molecule has 0 aliphatic carbocycles. The van der Waals surface area contributed by atoms with Gasteiger partial charge in [-0.15, -0.1) is 0 Å². The summed E-state index contributed by atoms with van der Waals surface area (Å²) in [6, 6.07) is 6.52. The maximum Gasteiger partial charge on any atom is 0.341 e. The van der Waals surface area contributed by atoms with Gasteiger partial charge in [-0.1, -0.05) is 19.1 Å². The van der Waals surface area contributed by atoms with E-state index in [-0.39, 0.29) is 5.78 Å². The van der Waals surface area contributed by atoms with Gasteiger partial charge < -0.3 is 9.84 Å². The van der Waals surface area contributed by atoms with Crippen molar-refractivity contribution in [3.05, 3.63) is 29.8 Å². The molecule has 0 radical (unpaired) electrons. The summed E-state index contributed by atoms with van der Waals surface area (Å²) in [4.78, 5) is 21.6. The van der Waals surface area contributed by atoms with Gasteiger partial charge in [-0.25, -0.2) is 4.79 Å². The van der Waals surface area contributed by atoms with Crippen molar-refractivity contribution in [2.75, 3.05) is 6.61 Å². The summed E-state index contributed by atoms with van der Waals surface area (Å²) >= 11 is 0. The van der Waals surface area contributed by atoms with Crippen molar-refractivity contribution in [2.45, 2.75) is 13.3 Å². The standard InChI is InChI=1S/C11H12O4/c1-2-10(12)8-4-3-5-9(6-8)15-7-11(13)14/h3-6H,2,7H2,1H3,(H,13,14). The number of carbonyl (C=O) groups is 2. The number of aliphatic carboxylic acids is 1. The highest BCUT2D eigenvalue weighted by atomic mass is 16.5. The third-order valence-electron chi connectivity index (χ3n) is 1.84. The molecule has 4 heteroatoms. The number of hydrogen-bond acceptors (Lipinski definition) is 3. The Bertz CT molecular complexity index is 371. The van der Waals surface area contributed by atoms with Crippen LogP contribution < -0.4 is 4.74 Å². The van der Waals surface area contributed by atoms with Crippen molar-refractivity contribution in [3.63, 3.8) is 0 Å². The second-order valence-electron chi connectivity index (χ2n) is 2.99. The van der Waals surface area contributed by atoms with Crippen LogP contribution in [0, 0.1) is 0 Å². The van der Waals surface area contributed by atoms with E-state index < -0.39 is 12.6 Å². The van der Waals surface area contributed by atoms with Crippen molar-refractivity contribution in [1.82, 2.24) is 0 Å². The third-order valence-corrected chi connectivity index (χ3v) is 1.84. The number of rotatable bonds is 5. The fourth-order valence-corrected chi connectivity index (χ4v) is 1.11. The van der Waals surface area contributed by atoms with E-state index >= 15 is 0 Å². The summed E-state index contributed by atoms with van der Waals surface area (Å²) in [6.07, 6.45) is 0.419.